The van der Waals surface area contributed by atoms with Crippen LogP contribution in [0.2, 0.25) is 0 Å². The molecule has 0 aromatic rings. The molecule has 0 N–H and O–H groups in total. The molecular formula is C12H22O2. The summed E-state index contributed by atoms with van der Waals surface area (Å²) in [4.78, 5) is 10.2. The summed E-state index contributed by atoms with van der Waals surface area (Å²) in [5, 5.41) is 0. The maximum Gasteiger partial charge on any atom is 0.142 e. The summed E-state index contributed by atoms with van der Waals surface area (Å²) in [6.45, 7) is 6.49. The van der Waals surface area contributed by atoms with Crippen LogP contribution < -0.4 is 0 Å². The van der Waals surface area contributed by atoms with E-state index in [4.69, 9.17) is 4.74 Å². The predicted molar refractivity (Wildman–Crippen MR) is 59.2 cm³/mol. The van der Waals surface area contributed by atoms with Crippen LogP contribution in [0.3, 0.4) is 0 Å². The molecule has 0 saturated heterocycles. The molecule has 2 nitrogen and oxygen atoms in total. The fraction of sp³-hybridized carbons (Fsp3) is 0.750. The number of carbonyl (C=O) groups excluding carboxylic acids is 1. The maximum atomic E-state index is 10.2. The van der Waals surface area contributed by atoms with Gasteiger partial charge >= 0.3 is 0 Å². The topological polar surface area (TPSA) is 26.3 Å². The SMILES string of the molecule is COC(CCC(C)C)C(C)/C=C/C=O. The number of methoxy groups -OCH3 is 1. The Labute approximate surface area is 87.3 Å². The third-order valence-corrected chi connectivity index (χ3v) is 2.41. The molecule has 0 aliphatic rings. The molecule has 2 atom stereocenters. The smallest absolute Gasteiger partial charge is 0.142 e. The van der Waals surface area contributed by atoms with Gasteiger partial charge in [-0.05, 0) is 24.8 Å². The molecule has 14 heavy (non-hydrogen) atoms. The van der Waals surface area contributed by atoms with Crippen molar-refractivity contribution in [2.75, 3.05) is 7.11 Å². The maximum absolute atomic E-state index is 10.2. The second-order valence-electron chi connectivity index (χ2n) is 4.13. The number of hydrogen-bond acceptors (Lipinski definition) is 2. The summed E-state index contributed by atoms with van der Waals surface area (Å²) < 4.78 is 5.39. The van der Waals surface area contributed by atoms with Gasteiger partial charge in [-0.1, -0.05) is 26.8 Å². The molecule has 0 saturated carbocycles. The van der Waals surface area contributed by atoms with Crippen molar-refractivity contribution in [2.24, 2.45) is 11.8 Å². The molecule has 0 aromatic heterocycles. The highest BCUT2D eigenvalue weighted by Gasteiger charge is 2.14. The van der Waals surface area contributed by atoms with Crippen LogP contribution in [-0.4, -0.2) is 19.5 Å². The highest BCUT2D eigenvalue weighted by Crippen LogP contribution is 2.17. The van der Waals surface area contributed by atoms with Crippen LogP contribution >= 0.6 is 0 Å². The lowest BCUT2D eigenvalue weighted by molar-refractivity contribution is -0.104. The van der Waals surface area contributed by atoms with E-state index in [0.717, 1.165) is 19.1 Å². The third kappa shape index (κ3) is 5.92. The number of ether oxygens (including phenoxy) is 1. The largest absolute Gasteiger partial charge is 0.381 e. The standard InChI is InChI=1S/C12H22O2/c1-10(2)7-8-12(14-4)11(3)6-5-9-13/h5-6,9-12H,7-8H2,1-4H3/b6-5+. The Morgan fingerprint density at radius 1 is 1.21 bits per heavy atom. The van der Waals surface area contributed by atoms with Crippen LogP contribution in [-0.2, 0) is 9.53 Å². The molecule has 0 amide bonds. The minimum Gasteiger partial charge on any atom is -0.381 e. The van der Waals surface area contributed by atoms with Gasteiger partial charge in [-0.3, -0.25) is 4.79 Å². The third-order valence-electron chi connectivity index (χ3n) is 2.41. The average Bonchev–Trinajstić information content (AvgIpc) is 2.15. The second-order valence-corrected chi connectivity index (χ2v) is 4.13. The Morgan fingerprint density at radius 3 is 2.29 bits per heavy atom. The lowest BCUT2D eigenvalue weighted by Crippen LogP contribution is -2.19. The van der Waals surface area contributed by atoms with Crippen molar-refractivity contribution in [2.45, 2.75) is 39.7 Å². The summed E-state index contributed by atoms with van der Waals surface area (Å²) in [7, 11) is 1.73. The molecule has 0 rings (SSSR count). The Kier molecular flexibility index (Phi) is 7.40. The molecular weight excluding hydrogens is 176 g/mol. The highest BCUT2D eigenvalue weighted by atomic mass is 16.5. The Balaban J connectivity index is 3.98. The van der Waals surface area contributed by atoms with Crippen molar-refractivity contribution in [3.05, 3.63) is 12.2 Å². The molecule has 0 heterocycles. The molecule has 0 aromatic carbocycles. The van der Waals surface area contributed by atoms with Gasteiger partial charge in [0, 0.05) is 13.0 Å². The number of carbonyl (C=O) groups is 1. The van der Waals surface area contributed by atoms with Crippen LogP contribution in [0, 0.1) is 11.8 Å². The van der Waals surface area contributed by atoms with Gasteiger partial charge < -0.3 is 4.74 Å². The molecule has 82 valence electrons. The number of aldehydes is 1. The van der Waals surface area contributed by atoms with E-state index in [2.05, 4.69) is 20.8 Å². The van der Waals surface area contributed by atoms with Crippen molar-refractivity contribution in [1.82, 2.24) is 0 Å². The van der Waals surface area contributed by atoms with E-state index in [1.54, 1.807) is 13.2 Å². The molecule has 0 aliphatic carbocycles. The zero-order valence-electron chi connectivity index (χ0n) is 9.69. The first kappa shape index (κ1) is 13.4. The number of hydrogen-bond donors (Lipinski definition) is 0. The van der Waals surface area contributed by atoms with E-state index in [1.165, 1.54) is 0 Å². The molecule has 0 spiro atoms. The van der Waals surface area contributed by atoms with Crippen molar-refractivity contribution in [3.63, 3.8) is 0 Å². The molecule has 2 unspecified atom stereocenters. The Morgan fingerprint density at radius 2 is 1.86 bits per heavy atom. The molecule has 0 fully saturated rings. The van der Waals surface area contributed by atoms with Crippen molar-refractivity contribution >= 4 is 6.29 Å². The van der Waals surface area contributed by atoms with Gasteiger partial charge in [-0.2, -0.15) is 0 Å². The zero-order chi connectivity index (χ0) is 11.0. The Hall–Kier alpha value is -0.630. The van der Waals surface area contributed by atoms with Gasteiger partial charge in [0.1, 0.15) is 6.29 Å². The van der Waals surface area contributed by atoms with Crippen LogP contribution in [0.5, 0.6) is 0 Å². The molecule has 2 heteroatoms. The van der Waals surface area contributed by atoms with Crippen molar-refractivity contribution in [1.29, 1.82) is 0 Å². The van der Waals surface area contributed by atoms with Gasteiger partial charge in [-0.15, -0.1) is 0 Å². The van der Waals surface area contributed by atoms with Gasteiger partial charge in [0.15, 0.2) is 0 Å². The lowest BCUT2D eigenvalue weighted by atomic mass is 9.96. The summed E-state index contributed by atoms with van der Waals surface area (Å²) in [6.07, 6.45) is 6.71. The monoisotopic (exact) mass is 198 g/mol. The quantitative estimate of drug-likeness (QED) is 0.464. The Bertz CT molecular complexity index is 173. The fourth-order valence-corrected chi connectivity index (χ4v) is 1.44. The summed E-state index contributed by atoms with van der Waals surface area (Å²) in [5.41, 5.74) is 0. The van der Waals surface area contributed by atoms with E-state index < -0.39 is 0 Å². The fourth-order valence-electron chi connectivity index (χ4n) is 1.44. The van der Waals surface area contributed by atoms with Gasteiger partial charge in [0.2, 0.25) is 0 Å². The summed E-state index contributed by atoms with van der Waals surface area (Å²) in [6, 6.07) is 0. The van der Waals surface area contributed by atoms with Gasteiger partial charge in [-0.25, -0.2) is 0 Å². The first-order valence-electron chi connectivity index (χ1n) is 5.26. The molecule has 0 aliphatic heterocycles. The van der Waals surface area contributed by atoms with E-state index >= 15 is 0 Å². The highest BCUT2D eigenvalue weighted by molar-refractivity contribution is 5.64. The minimum absolute atomic E-state index is 0.230. The van der Waals surface area contributed by atoms with E-state index in [9.17, 15) is 4.79 Å². The lowest BCUT2D eigenvalue weighted by Gasteiger charge is -2.20. The summed E-state index contributed by atoms with van der Waals surface area (Å²) >= 11 is 0. The first-order valence-corrected chi connectivity index (χ1v) is 5.26. The summed E-state index contributed by atoms with van der Waals surface area (Å²) in [5.74, 6) is 1.01. The normalized spacial score (nSPS) is 16.1. The van der Waals surface area contributed by atoms with Crippen LogP contribution in [0.1, 0.15) is 33.6 Å². The zero-order valence-corrected chi connectivity index (χ0v) is 9.69. The number of rotatable bonds is 7. The van der Waals surface area contributed by atoms with Crippen LogP contribution in [0.15, 0.2) is 12.2 Å². The van der Waals surface area contributed by atoms with E-state index in [-0.39, 0.29) is 6.10 Å². The first-order chi connectivity index (χ1) is 6.61. The van der Waals surface area contributed by atoms with Crippen LogP contribution in [0.25, 0.3) is 0 Å². The minimum atomic E-state index is 0.230. The van der Waals surface area contributed by atoms with E-state index in [0.29, 0.717) is 11.8 Å². The van der Waals surface area contributed by atoms with E-state index in [1.807, 2.05) is 6.08 Å². The molecule has 0 radical (unpaired) electrons. The predicted octanol–water partition coefficient (Wildman–Crippen LogP) is 2.83. The average molecular weight is 198 g/mol. The second kappa shape index (κ2) is 7.74. The number of allylic oxidation sites excluding steroid dienone is 1. The van der Waals surface area contributed by atoms with Gasteiger partial charge in [0.25, 0.3) is 0 Å². The molecule has 0 bridgehead atoms. The van der Waals surface area contributed by atoms with Crippen LogP contribution in [0.4, 0.5) is 0 Å². The van der Waals surface area contributed by atoms with Gasteiger partial charge in [0.05, 0.1) is 6.10 Å². The van der Waals surface area contributed by atoms with Crippen molar-refractivity contribution in [3.8, 4) is 0 Å². The van der Waals surface area contributed by atoms with Crippen molar-refractivity contribution < 1.29 is 9.53 Å².